The van der Waals surface area contributed by atoms with E-state index < -0.39 is 0 Å². The number of benzene rings is 4. The fourth-order valence-electron chi connectivity index (χ4n) is 3.57. The number of hydrogen-bond acceptors (Lipinski definition) is 4. The molecule has 0 atom stereocenters. The predicted octanol–water partition coefficient (Wildman–Crippen LogP) is 6.26. The van der Waals surface area contributed by atoms with Gasteiger partial charge >= 0.3 is 0 Å². The van der Waals surface area contributed by atoms with Crippen molar-refractivity contribution in [2.75, 3.05) is 5.32 Å². The number of anilines is 2. The monoisotopic (exact) mass is 386 g/mol. The lowest BCUT2D eigenvalue weighted by molar-refractivity contribution is 1.21. The molecule has 0 saturated heterocycles. The maximum Gasteiger partial charge on any atom is 0.227 e. The lowest BCUT2D eigenvalue weighted by Crippen LogP contribution is -1.97. The molecule has 1 N–H and O–H groups in total. The van der Waals surface area contributed by atoms with Gasteiger partial charge in [0.15, 0.2) is 0 Å². The highest BCUT2D eigenvalue weighted by atomic mass is 15.1. The van der Waals surface area contributed by atoms with E-state index in [0.717, 1.165) is 27.7 Å². The molecule has 4 heteroatoms. The molecule has 0 amide bonds. The molecule has 0 aliphatic rings. The van der Waals surface area contributed by atoms with E-state index >= 15 is 0 Å². The van der Waals surface area contributed by atoms with Gasteiger partial charge in [-0.1, -0.05) is 54.6 Å². The van der Waals surface area contributed by atoms with Crippen LogP contribution in [0.4, 0.5) is 11.6 Å². The number of rotatable bonds is 4. The first kappa shape index (κ1) is 17.8. The second-order valence-electron chi connectivity index (χ2n) is 7.19. The minimum atomic E-state index is 0.409. The molecule has 1 heterocycles. The quantitative estimate of drug-likeness (QED) is 0.396. The Bertz CT molecular complexity index is 1400. The first-order valence-electron chi connectivity index (χ1n) is 9.77. The average molecular weight is 386 g/mol. The van der Waals surface area contributed by atoms with Crippen molar-refractivity contribution in [3.8, 4) is 17.2 Å². The SMILES string of the molecule is N#CCc1ccc(Nc2ncc3cc(-c4ccc5ccccc5c4)ccc3n2)cc1. The van der Waals surface area contributed by atoms with Crippen molar-refractivity contribution < 1.29 is 0 Å². The van der Waals surface area contributed by atoms with E-state index in [1.165, 1.54) is 16.3 Å². The number of aromatic nitrogens is 2. The van der Waals surface area contributed by atoms with Gasteiger partial charge in [0.1, 0.15) is 0 Å². The molecular weight excluding hydrogens is 368 g/mol. The van der Waals surface area contributed by atoms with Gasteiger partial charge in [-0.2, -0.15) is 5.26 Å². The van der Waals surface area contributed by atoms with E-state index in [9.17, 15) is 0 Å². The smallest absolute Gasteiger partial charge is 0.227 e. The van der Waals surface area contributed by atoms with E-state index in [1.54, 1.807) is 0 Å². The molecule has 5 aromatic rings. The third-order valence-corrected chi connectivity index (χ3v) is 5.16. The average Bonchev–Trinajstić information content (AvgIpc) is 2.80. The molecule has 142 valence electrons. The predicted molar refractivity (Wildman–Crippen MR) is 122 cm³/mol. The third kappa shape index (κ3) is 3.57. The van der Waals surface area contributed by atoms with Crippen molar-refractivity contribution in [1.29, 1.82) is 5.26 Å². The summed E-state index contributed by atoms with van der Waals surface area (Å²) in [6, 6.07) is 31.0. The number of hydrogen-bond donors (Lipinski definition) is 1. The number of nitriles is 1. The van der Waals surface area contributed by atoms with Gasteiger partial charge in [-0.3, -0.25) is 0 Å². The Kier molecular flexibility index (Phi) is 4.55. The zero-order chi connectivity index (χ0) is 20.3. The van der Waals surface area contributed by atoms with Crippen molar-refractivity contribution in [3.63, 3.8) is 0 Å². The van der Waals surface area contributed by atoms with Crippen molar-refractivity contribution in [1.82, 2.24) is 9.97 Å². The van der Waals surface area contributed by atoms with Gasteiger partial charge in [0.25, 0.3) is 0 Å². The molecular formula is C26H18N4. The second kappa shape index (κ2) is 7.65. The first-order chi connectivity index (χ1) is 14.8. The highest BCUT2D eigenvalue weighted by molar-refractivity contribution is 5.90. The standard InChI is InChI=1S/C26H18N4/c27-14-13-18-5-10-24(11-6-18)29-26-28-17-23-16-22(9-12-25(23)30-26)21-8-7-19-3-1-2-4-20(19)15-21/h1-12,15-17H,13H2,(H,28,29,30). The maximum absolute atomic E-state index is 8.78. The normalized spacial score (nSPS) is 10.8. The van der Waals surface area contributed by atoms with Crippen molar-refractivity contribution in [2.45, 2.75) is 6.42 Å². The van der Waals surface area contributed by atoms with E-state index in [-0.39, 0.29) is 0 Å². The van der Waals surface area contributed by atoms with Gasteiger partial charge in [-0.15, -0.1) is 0 Å². The summed E-state index contributed by atoms with van der Waals surface area (Å²) in [6.45, 7) is 0. The van der Waals surface area contributed by atoms with E-state index in [4.69, 9.17) is 5.26 Å². The van der Waals surface area contributed by atoms with E-state index in [1.807, 2.05) is 36.5 Å². The molecule has 0 bridgehead atoms. The zero-order valence-electron chi connectivity index (χ0n) is 16.2. The highest BCUT2D eigenvalue weighted by Crippen LogP contribution is 2.27. The summed E-state index contributed by atoms with van der Waals surface area (Å²) in [4.78, 5) is 9.11. The van der Waals surface area contributed by atoms with Crippen molar-refractivity contribution in [3.05, 3.63) is 96.7 Å². The molecule has 4 aromatic carbocycles. The van der Waals surface area contributed by atoms with Crippen molar-refractivity contribution in [2.24, 2.45) is 0 Å². The minimum Gasteiger partial charge on any atom is -0.324 e. The third-order valence-electron chi connectivity index (χ3n) is 5.16. The minimum absolute atomic E-state index is 0.409. The number of fused-ring (bicyclic) bond motifs is 2. The van der Waals surface area contributed by atoms with Crippen LogP contribution in [0, 0.1) is 11.3 Å². The molecule has 0 saturated carbocycles. The molecule has 0 aliphatic carbocycles. The molecule has 0 aliphatic heterocycles. The lowest BCUT2D eigenvalue weighted by Gasteiger charge is -2.08. The molecule has 0 spiro atoms. The topological polar surface area (TPSA) is 61.6 Å². The van der Waals surface area contributed by atoms with Gasteiger partial charge in [-0.05, 0) is 57.8 Å². The molecule has 5 rings (SSSR count). The van der Waals surface area contributed by atoms with Crippen LogP contribution in [0.5, 0.6) is 0 Å². The summed E-state index contributed by atoms with van der Waals surface area (Å²) in [5, 5.41) is 15.5. The summed E-state index contributed by atoms with van der Waals surface area (Å²) in [5.41, 5.74) is 5.09. The highest BCUT2D eigenvalue weighted by Gasteiger charge is 2.05. The second-order valence-corrected chi connectivity index (χ2v) is 7.19. The summed E-state index contributed by atoms with van der Waals surface area (Å²) in [5.74, 6) is 0.550. The largest absolute Gasteiger partial charge is 0.324 e. The molecule has 1 aromatic heterocycles. The number of nitrogens with zero attached hydrogens (tertiary/aromatic N) is 3. The van der Waals surface area contributed by atoms with Crippen LogP contribution in [-0.4, -0.2) is 9.97 Å². The van der Waals surface area contributed by atoms with E-state index in [2.05, 4.69) is 76.0 Å². The van der Waals surface area contributed by atoms with Crippen LogP contribution >= 0.6 is 0 Å². The maximum atomic E-state index is 8.78. The Morgan fingerprint density at radius 2 is 1.50 bits per heavy atom. The van der Waals surface area contributed by atoms with Gasteiger partial charge in [-0.25, -0.2) is 9.97 Å². The Hall–Kier alpha value is -4.23. The molecule has 0 fully saturated rings. The van der Waals surface area contributed by atoms with Crippen LogP contribution in [-0.2, 0) is 6.42 Å². The van der Waals surface area contributed by atoms with Crippen LogP contribution < -0.4 is 5.32 Å². The van der Waals surface area contributed by atoms with Crippen LogP contribution in [0.25, 0.3) is 32.8 Å². The summed E-state index contributed by atoms with van der Waals surface area (Å²) in [7, 11) is 0. The summed E-state index contributed by atoms with van der Waals surface area (Å²) < 4.78 is 0. The van der Waals surface area contributed by atoms with Gasteiger partial charge in [0.2, 0.25) is 5.95 Å². The van der Waals surface area contributed by atoms with Crippen LogP contribution in [0.3, 0.4) is 0 Å². The van der Waals surface area contributed by atoms with E-state index in [0.29, 0.717) is 12.4 Å². The van der Waals surface area contributed by atoms with Gasteiger partial charge in [0.05, 0.1) is 18.0 Å². The Balaban J connectivity index is 1.42. The molecule has 0 radical (unpaired) electrons. The van der Waals surface area contributed by atoms with Crippen LogP contribution in [0.2, 0.25) is 0 Å². The zero-order valence-corrected chi connectivity index (χ0v) is 16.2. The Morgan fingerprint density at radius 1 is 0.767 bits per heavy atom. The summed E-state index contributed by atoms with van der Waals surface area (Å²) in [6.07, 6.45) is 2.26. The first-order valence-corrected chi connectivity index (χ1v) is 9.77. The van der Waals surface area contributed by atoms with Gasteiger partial charge in [0, 0.05) is 17.3 Å². The molecule has 4 nitrogen and oxygen atoms in total. The lowest BCUT2D eigenvalue weighted by atomic mass is 10.0. The van der Waals surface area contributed by atoms with Crippen LogP contribution in [0.1, 0.15) is 5.56 Å². The fourth-order valence-corrected chi connectivity index (χ4v) is 3.57. The molecule has 0 unspecified atom stereocenters. The van der Waals surface area contributed by atoms with Gasteiger partial charge < -0.3 is 5.32 Å². The Morgan fingerprint density at radius 3 is 2.30 bits per heavy atom. The van der Waals surface area contributed by atoms with Crippen LogP contribution in [0.15, 0.2) is 91.1 Å². The molecule has 30 heavy (non-hydrogen) atoms. The summed E-state index contributed by atoms with van der Waals surface area (Å²) >= 11 is 0. The number of nitrogens with one attached hydrogen (secondary N) is 1. The Labute approximate surface area is 174 Å². The van der Waals surface area contributed by atoms with Crippen molar-refractivity contribution >= 4 is 33.3 Å². The fraction of sp³-hybridized carbons (Fsp3) is 0.0385.